The third-order valence-electron chi connectivity index (χ3n) is 3.52. The van der Waals surface area contributed by atoms with Crippen LogP contribution in [0, 0.1) is 0 Å². The van der Waals surface area contributed by atoms with Crippen molar-refractivity contribution >= 4 is 15.7 Å². The summed E-state index contributed by atoms with van der Waals surface area (Å²) in [5.41, 5.74) is 0.300. The predicted molar refractivity (Wildman–Crippen MR) is 87.3 cm³/mol. The first-order chi connectivity index (χ1) is 11.2. The fourth-order valence-electron chi connectivity index (χ4n) is 2.16. The first-order valence-electron chi connectivity index (χ1n) is 7.51. The van der Waals surface area contributed by atoms with Crippen LogP contribution in [-0.4, -0.2) is 8.42 Å². The molecule has 2 aromatic rings. The third-order valence-corrected chi connectivity index (χ3v) is 4.91. The highest BCUT2D eigenvalue weighted by Crippen LogP contribution is 2.30. The molecule has 0 heterocycles. The van der Waals surface area contributed by atoms with Crippen molar-refractivity contribution in [2.45, 2.75) is 37.3 Å². The van der Waals surface area contributed by atoms with Gasteiger partial charge in [0.15, 0.2) is 0 Å². The van der Waals surface area contributed by atoms with Gasteiger partial charge in [-0.1, -0.05) is 25.5 Å². The van der Waals surface area contributed by atoms with Gasteiger partial charge in [0, 0.05) is 5.69 Å². The van der Waals surface area contributed by atoms with Crippen molar-refractivity contribution in [3.8, 4) is 0 Å². The van der Waals surface area contributed by atoms with Crippen molar-refractivity contribution in [3.05, 3.63) is 59.7 Å². The van der Waals surface area contributed by atoms with Crippen LogP contribution >= 0.6 is 0 Å². The van der Waals surface area contributed by atoms with E-state index >= 15 is 0 Å². The maximum Gasteiger partial charge on any atom is 0.416 e. The van der Waals surface area contributed by atoms with E-state index in [-0.39, 0.29) is 10.6 Å². The molecule has 24 heavy (non-hydrogen) atoms. The minimum absolute atomic E-state index is 0.0719. The van der Waals surface area contributed by atoms with Crippen LogP contribution in [0.25, 0.3) is 0 Å². The number of halogens is 3. The zero-order valence-corrected chi connectivity index (χ0v) is 13.9. The molecule has 0 spiro atoms. The van der Waals surface area contributed by atoms with Crippen LogP contribution in [0.5, 0.6) is 0 Å². The van der Waals surface area contributed by atoms with Gasteiger partial charge in [-0.05, 0) is 54.8 Å². The summed E-state index contributed by atoms with van der Waals surface area (Å²) in [6.07, 6.45) is -1.50. The number of hydrogen-bond acceptors (Lipinski definition) is 2. The van der Waals surface area contributed by atoms with E-state index < -0.39 is 21.8 Å². The molecule has 0 bridgehead atoms. The van der Waals surface area contributed by atoms with Crippen molar-refractivity contribution in [2.24, 2.45) is 0 Å². The van der Waals surface area contributed by atoms with Gasteiger partial charge in [0.1, 0.15) is 0 Å². The lowest BCUT2D eigenvalue weighted by Gasteiger charge is -2.10. The van der Waals surface area contributed by atoms with Crippen molar-refractivity contribution in [1.82, 2.24) is 0 Å². The number of nitrogens with one attached hydrogen (secondary N) is 1. The van der Waals surface area contributed by atoms with Gasteiger partial charge in [0.25, 0.3) is 10.0 Å². The quantitative estimate of drug-likeness (QED) is 0.803. The van der Waals surface area contributed by atoms with Crippen LogP contribution < -0.4 is 4.72 Å². The fraction of sp³-hybridized carbons (Fsp3) is 0.294. The van der Waals surface area contributed by atoms with Gasteiger partial charge < -0.3 is 0 Å². The molecule has 3 nitrogen and oxygen atoms in total. The van der Waals surface area contributed by atoms with E-state index in [1.807, 2.05) is 0 Å². The van der Waals surface area contributed by atoms with Crippen LogP contribution in [0.15, 0.2) is 53.4 Å². The number of aryl methyl sites for hydroxylation is 1. The number of sulfonamides is 1. The molecule has 1 N–H and O–H groups in total. The lowest BCUT2D eigenvalue weighted by Crippen LogP contribution is -2.13. The van der Waals surface area contributed by atoms with Gasteiger partial charge in [-0.25, -0.2) is 8.42 Å². The molecule has 2 rings (SSSR count). The van der Waals surface area contributed by atoms with E-state index in [0.717, 1.165) is 49.1 Å². The molecule has 0 amide bonds. The van der Waals surface area contributed by atoms with Crippen LogP contribution in [0.1, 0.15) is 30.9 Å². The maximum absolute atomic E-state index is 12.5. The Morgan fingerprint density at radius 1 is 0.958 bits per heavy atom. The second kappa shape index (κ2) is 7.25. The number of hydrogen-bond donors (Lipinski definition) is 1. The van der Waals surface area contributed by atoms with E-state index in [4.69, 9.17) is 0 Å². The Hall–Kier alpha value is -2.02. The summed E-state index contributed by atoms with van der Waals surface area (Å²) in [5.74, 6) is 0. The van der Waals surface area contributed by atoms with Gasteiger partial charge >= 0.3 is 6.18 Å². The molecular weight excluding hydrogens is 339 g/mol. The van der Waals surface area contributed by atoms with Crippen LogP contribution in [0.3, 0.4) is 0 Å². The normalized spacial score (nSPS) is 12.2. The summed E-state index contributed by atoms with van der Waals surface area (Å²) in [7, 11) is -3.83. The molecule has 7 heteroatoms. The summed E-state index contributed by atoms with van der Waals surface area (Å²) in [4.78, 5) is 0.0719. The molecule has 0 atom stereocenters. The zero-order chi connectivity index (χ0) is 17.8. The number of rotatable bonds is 6. The average molecular weight is 357 g/mol. The van der Waals surface area contributed by atoms with Gasteiger partial charge in [-0.2, -0.15) is 13.2 Å². The van der Waals surface area contributed by atoms with E-state index in [1.54, 1.807) is 12.1 Å². The summed E-state index contributed by atoms with van der Waals surface area (Å²) in [6.45, 7) is 2.08. The highest BCUT2D eigenvalue weighted by molar-refractivity contribution is 7.92. The predicted octanol–water partition coefficient (Wildman–Crippen LogP) is 4.85. The minimum atomic E-state index is -4.45. The highest BCUT2D eigenvalue weighted by Gasteiger charge is 2.30. The smallest absolute Gasteiger partial charge is 0.280 e. The second-order valence-electron chi connectivity index (χ2n) is 5.43. The summed E-state index contributed by atoms with van der Waals surface area (Å²) >= 11 is 0. The molecule has 0 aliphatic carbocycles. The maximum atomic E-state index is 12.5. The van der Waals surface area contributed by atoms with Crippen molar-refractivity contribution in [1.29, 1.82) is 0 Å². The van der Waals surface area contributed by atoms with Crippen LogP contribution in [0.4, 0.5) is 18.9 Å². The first-order valence-corrected chi connectivity index (χ1v) is 9.00. The molecule has 130 valence electrons. The fourth-order valence-corrected chi connectivity index (χ4v) is 3.22. The summed E-state index contributed by atoms with van der Waals surface area (Å²) < 4.78 is 64.4. The van der Waals surface area contributed by atoms with E-state index in [9.17, 15) is 21.6 Å². The zero-order valence-electron chi connectivity index (χ0n) is 13.1. The van der Waals surface area contributed by atoms with E-state index in [2.05, 4.69) is 11.6 Å². The Morgan fingerprint density at radius 2 is 1.54 bits per heavy atom. The van der Waals surface area contributed by atoms with Gasteiger partial charge in [0.2, 0.25) is 0 Å². The minimum Gasteiger partial charge on any atom is -0.280 e. The summed E-state index contributed by atoms with van der Waals surface area (Å²) in [6, 6.07) is 10.4. The van der Waals surface area contributed by atoms with E-state index in [1.165, 1.54) is 12.1 Å². The van der Waals surface area contributed by atoms with E-state index in [0.29, 0.717) is 0 Å². The average Bonchev–Trinajstić information content (AvgIpc) is 2.52. The Bertz CT molecular complexity index is 767. The number of alkyl halides is 3. The monoisotopic (exact) mass is 357 g/mol. The standard InChI is InChI=1S/C17H18F3NO2S/c1-2-3-4-13-5-11-16(12-6-13)24(22,23)21-15-9-7-14(8-10-15)17(18,19)20/h5-12,21H,2-4H2,1H3. The van der Waals surface area contributed by atoms with Crippen molar-refractivity contribution < 1.29 is 21.6 Å². The molecule has 0 saturated heterocycles. The molecule has 0 radical (unpaired) electrons. The Balaban J connectivity index is 2.13. The van der Waals surface area contributed by atoms with Crippen LogP contribution in [-0.2, 0) is 22.6 Å². The number of anilines is 1. The van der Waals surface area contributed by atoms with Gasteiger partial charge in [-0.3, -0.25) is 4.72 Å². The molecule has 0 aromatic heterocycles. The second-order valence-corrected chi connectivity index (χ2v) is 7.11. The van der Waals surface area contributed by atoms with Gasteiger partial charge in [0.05, 0.1) is 10.5 Å². The van der Waals surface area contributed by atoms with Crippen molar-refractivity contribution in [3.63, 3.8) is 0 Å². The molecule has 0 unspecified atom stereocenters. The van der Waals surface area contributed by atoms with Crippen LogP contribution in [0.2, 0.25) is 0 Å². The first kappa shape index (κ1) is 18.3. The number of benzene rings is 2. The largest absolute Gasteiger partial charge is 0.416 e. The Morgan fingerprint density at radius 3 is 2.04 bits per heavy atom. The number of unbranched alkanes of at least 4 members (excludes halogenated alkanes) is 1. The topological polar surface area (TPSA) is 46.2 Å². The van der Waals surface area contributed by atoms with Gasteiger partial charge in [-0.15, -0.1) is 0 Å². The molecular formula is C17H18F3NO2S. The molecule has 0 fully saturated rings. The molecule has 0 aliphatic rings. The summed E-state index contributed by atoms with van der Waals surface area (Å²) in [5, 5.41) is 0. The lowest BCUT2D eigenvalue weighted by atomic mass is 10.1. The SMILES string of the molecule is CCCCc1ccc(S(=O)(=O)Nc2ccc(C(F)(F)F)cc2)cc1. The molecule has 0 saturated carbocycles. The highest BCUT2D eigenvalue weighted by atomic mass is 32.2. The van der Waals surface area contributed by atoms with Crippen molar-refractivity contribution in [2.75, 3.05) is 4.72 Å². The molecule has 0 aliphatic heterocycles. The third kappa shape index (κ3) is 4.74. The Kier molecular flexibility index (Phi) is 5.54. The Labute approximate surface area is 139 Å². The molecule has 2 aromatic carbocycles. The lowest BCUT2D eigenvalue weighted by molar-refractivity contribution is -0.137.